The highest BCUT2D eigenvalue weighted by Crippen LogP contribution is 2.29. The molecule has 0 spiro atoms. The summed E-state index contributed by atoms with van der Waals surface area (Å²) in [6.07, 6.45) is 10.8. The number of piperidine rings is 1. The van der Waals surface area contributed by atoms with Crippen LogP contribution in [0.1, 0.15) is 12.8 Å². The van der Waals surface area contributed by atoms with E-state index in [9.17, 15) is 4.79 Å². The highest BCUT2D eigenvalue weighted by molar-refractivity contribution is 5.95. The van der Waals surface area contributed by atoms with Crippen molar-refractivity contribution in [2.45, 2.75) is 18.9 Å². The number of carbonyl (C=O) groups excluding carboxylic acids is 1. The van der Waals surface area contributed by atoms with Gasteiger partial charge in [-0.25, -0.2) is 4.98 Å². The van der Waals surface area contributed by atoms with Crippen molar-refractivity contribution in [1.29, 1.82) is 0 Å². The Hall–Kier alpha value is -3.15. The number of likely N-dealkylation sites (tertiary alicyclic amines) is 1. The lowest BCUT2D eigenvalue weighted by Gasteiger charge is -2.33. The van der Waals surface area contributed by atoms with Gasteiger partial charge in [-0.05, 0) is 42.7 Å². The average molecular weight is 347 g/mol. The number of H-pyrrole nitrogens is 1. The number of aromatic amines is 1. The zero-order valence-electron chi connectivity index (χ0n) is 14.5. The quantitative estimate of drug-likeness (QED) is 0.711. The summed E-state index contributed by atoms with van der Waals surface area (Å²) in [4.78, 5) is 25.5. The van der Waals surface area contributed by atoms with E-state index in [1.807, 2.05) is 29.4 Å². The van der Waals surface area contributed by atoms with E-state index in [0.29, 0.717) is 6.54 Å². The lowest BCUT2D eigenvalue weighted by Crippen LogP contribution is -2.44. The molecule has 132 valence electrons. The van der Waals surface area contributed by atoms with Crippen LogP contribution in [0.3, 0.4) is 0 Å². The molecule has 3 aromatic heterocycles. The van der Waals surface area contributed by atoms with Crippen molar-refractivity contribution in [1.82, 2.24) is 19.9 Å². The van der Waals surface area contributed by atoms with Crippen LogP contribution in [0.4, 0.5) is 5.69 Å². The van der Waals surface area contributed by atoms with Crippen molar-refractivity contribution < 1.29 is 4.79 Å². The number of amides is 1. The van der Waals surface area contributed by atoms with Crippen LogP contribution >= 0.6 is 0 Å². The van der Waals surface area contributed by atoms with E-state index in [4.69, 9.17) is 0 Å². The molecule has 1 aliphatic rings. The minimum absolute atomic E-state index is 0.00400. The smallest absolute Gasteiger partial charge is 0.246 e. The van der Waals surface area contributed by atoms with E-state index in [1.54, 1.807) is 12.4 Å². The number of hydrogen-bond donors (Lipinski definition) is 2. The van der Waals surface area contributed by atoms with Crippen molar-refractivity contribution in [2.75, 3.05) is 18.4 Å². The molecule has 0 bridgehead atoms. The van der Waals surface area contributed by atoms with Gasteiger partial charge in [0.15, 0.2) is 0 Å². The molecule has 3 aromatic rings. The van der Waals surface area contributed by atoms with Crippen molar-refractivity contribution in [3.63, 3.8) is 0 Å². The van der Waals surface area contributed by atoms with Crippen LogP contribution in [0.2, 0.25) is 0 Å². The Kier molecular flexibility index (Phi) is 4.39. The topological polar surface area (TPSA) is 73.9 Å². The third-order valence-corrected chi connectivity index (χ3v) is 4.80. The molecule has 1 amide bonds. The molecule has 4 heterocycles. The molecule has 1 fully saturated rings. The first-order valence-corrected chi connectivity index (χ1v) is 8.80. The number of nitrogens with zero attached hydrogens (tertiary/aromatic N) is 3. The molecular formula is C20H21N5O. The van der Waals surface area contributed by atoms with Crippen LogP contribution in [0.5, 0.6) is 0 Å². The van der Waals surface area contributed by atoms with Gasteiger partial charge >= 0.3 is 0 Å². The van der Waals surface area contributed by atoms with Gasteiger partial charge < -0.3 is 15.2 Å². The maximum absolute atomic E-state index is 11.9. The number of fused-ring (bicyclic) bond motifs is 1. The molecule has 0 aromatic carbocycles. The second-order valence-electron chi connectivity index (χ2n) is 6.53. The van der Waals surface area contributed by atoms with Crippen LogP contribution in [-0.4, -0.2) is 44.9 Å². The Morgan fingerprint density at radius 3 is 3.04 bits per heavy atom. The summed E-state index contributed by atoms with van der Waals surface area (Å²) in [5.41, 5.74) is 4.02. The lowest BCUT2D eigenvalue weighted by atomic mass is 10.0. The van der Waals surface area contributed by atoms with Crippen molar-refractivity contribution in [3.8, 4) is 11.1 Å². The molecule has 0 radical (unpaired) electrons. The Balaban J connectivity index is 1.58. The standard InChI is InChI=1S/C20H21N5O/c1-2-19(26)25-9-3-4-15(13-25)24-16-10-17-18(12-23-20(17)22-11-16)14-5-7-21-8-6-14/h2,5-8,10-12,15,24H,1,3-4,9,13H2,(H,22,23). The Bertz CT molecular complexity index is 934. The molecule has 0 aliphatic carbocycles. The van der Waals surface area contributed by atoms with E-state index in [0.717, 1.165) is 47.2 Å². The van der Waals surface area contributed by atoms with Crippen molar-refractivity contribution in [2.24, 2.45) is 0 Å². The molecule has 6 nitrogen and oxygen atoms in total. The molecule has 1 aliphatic heterocycles. The van der Waals surface area contributed by atoms with Gasteiger partial charge in [0.2, 0.25) is 5.91 Å². The minimum atomic E-state index is -0.00400. The Labute approximate surface area is 152 Å². The molecule has 2 N–H and O–H groups in total. The second-order valence-corrected chi connectivity index (χ2v) is 6.53. The number of rotatable bonds is 4. The summed E-state index contributed by atoms with van der Waals surface area (Å²) < 4.78 is 0. The molecule has 1 unspecified atom stereocenters. The first-order chi connectivity index (χ1) is 12.7. The Morgan fingerprint density at radius 1 is 1.38 bits per heavy atom. The Morgan fingerprint density at radius 2 is 2.23 bits per heavy atom. The lowest BCUT2D eigenvalue weighted by molar-refractivity contribution is -0.127. The fraction of sp³-hybridized carbons (Fsp3) is 0.250. The summed E-state index contributed by atoms with van der Waals surface area (Å²) in [6.45, 7) is 5.07. The average Bonchev–Trinajstić information content (AvgIpc) is 3.11. The van der Waals surface area contributed by atoms with Gasteiger partial charge in [-0.15, -0.1) is 0 Å². The number of anilines is 1. The molecule has 1 saturated heterocycles. The largest absolute Gasteiger partial charge is 0.379 e. The van der Waals surface area contributed by atoms with E-state index < -0.39 is 0 Å². The monoisotopic (exact) mass is 347 g/mol. The zero-order chi connectivity index (χ0) is 17.9. The van der Waals surface area contributed by atoms with Gasteiger partial charge in [0.05, 0.1) is 11.9 Å². The summed E-state index contributed by atoms with van der Waals surface area (Å²) in [5.74, 6) is -0.00400. The van der Waals surface area contributed by atoms with Crippen molar-refractivity contribution in [3.05, 3.63) is 55.6 Å². The molecule has 6 heteroatoms. The molecule has 26 heavy (non-hydrogen) atoms. The molecule has 1 atom stereocenters. The van der Waals surface area contributed by atoms with E-state index in [1.165, 1.54) is 6.08 Å². The third-order valence-electron chi connectivity index (χ3n) is 4.80. The first kappa shape index (κ1) is 16.3. The van der Waals surface area contributed by atoms with E-state index in [2.05, 4.69) is 32.9 Å². The van der Waals surface area contributed by atoms with Crippen molar-refractivity contribution >= 4 is 22.6 Å². The van der Waals surface area contributed by atoms with E-state index in [-0.39, 0.29) is 11.9 Å². The van der Waals surface area contributed by atoms with Gasteiger partial charge in [0.1, 0.15) is 5.65 Å². The second kappa shape index (κ2) is 7.00. The molecule has 0 saturated carbocycles. The SMILES string of the molecule is C=CC(=O)N1CCCC(Nc2cnc3[nH]cc(-c4ccncc4)c3c2)C1. The van der Waals surface area contributed by atoms with Crippen LogP contribution < -0.4 is 5.32 Å². The predicted molar refractivity (Wildman–Crippen MR) is 103 cm³/mol. The van der Waals surface area contributed by atoms with Gasteiger partial charge in [-0.3, -0.25) is 9.78 Å². The number of aromatic nitrogens is 3. The first-order valence-electron chi connectivity index (χ1n) is 8.80. The summed E-state index contributed by atoms with van der Waals surface area (Å²) in [6, 6.07) is 6.31. The predicted octanol–water partition coefficient (Wildman–Crippen LogP) is 3.21. The van der Waals surface area contributed by atoms with Gasteiger partial charge in [-0.1, -0.05) is 6.58 Å². The van der Waals surface area contributed by atoms with Crippen LogP contribution in [-0.2, 0) is 4.79 Å². The fourth-order valence-electron chi connectivity index (χ4n) is 3.51. The third kappa shape index (κ3) is 3.18. The fourth-order valence-corrected chi connectivity index (χ4v) is 3.51. The zero-order valence-corrected chi connectivity index (χ0v) is 14.5. The minimum Gasteiger partial charge on any atom is -0.379 e. The number of nitrogens with one attached hydrogen (secondary N) is 2. The molecule has 4 rings (SSSR count). The summed E-state index contributed by atoms with van der Waals surface area (Å²) >= 11 is 0. The van der Waals surface area contributed by atoms with Crippen LogP contribution in [0, 0.1) is 0 Å². The van der Waals surface area contributed by atoms with Gasteiger partial charge in [-0.2, -0.15) is 0 Å². The highest BCUT2D eigenvalue weighted by atomic mass is 16.2. The van der Waals surface area contributed by atoms with Gasteiger partial charge in [0, 0.05) is 48.7 Å². The van der Waals surface area contributed by atoms with Crippen LogP contribution in [0.25, 0.3) is 22.2 Å². The normalized spacial score (nSPS) is 17.2. The highest BCUT2D eigenvalue weighted by Gasteiger charge is 2.22. The summed E-state index contributed by atoms with van der Waals surface area (Å²) in [7, 11) is 0. The maximum Gasteiger partial charge on any atom is 0.246 e. The number of pyridine rings is 2. The molecular weight excluding hydrogens is 326 g/mol. The van der Waals surface area contributed by atoms with E-state index >= 15 is 0 Å². The number of hydrogen-bond acceptors (Lipinski definition) is 4. The summed E-state index contributed by atoms with van der Waals surface area (Å²) in [5, 5.41) is 4.60. The number of carbonyl (C=O) groups is 1. The maximum atomic E-state index is 11.9. The van der Waals surface area contributed by atoms with Crippen LogP contribution in [0.15, 0.2) is 55.6 Å². The van der Waals surface area contributed by atoms with Gasteiger partial charge in [0.25, 0.3) is 0 Å².